The summed E-state index contributed by atoms with van der Waals surface area (Å²) in [6, 6.07) is 7.19. The monoisotopic (exact) mass is 277 g/mol. The summed E-state index contributed by atoms with van der Waals surface area (Å²) < 4.78 is 0. The van der Waals surface area contributed by atoms with E-state index in [4.69, 9.17) is 5.73 Å². The second-order valence-electron chi connectivity index (χ2n) is 5.42. The molecule has 0 radical (unpaired) electrons. The van der Waals surface area contributed by atoms with Gasteiger partial charge >= 0.3 is 0 Å². The molecule has 5 nitrogen and oxygen atoms in total. The Kier molecular flexibility index (Phi) is 5.38. The number of rotatable bonds is 5. The molecule has 4 N–H and O–H groups in total. The van der Waals surface area contributed by atoms with Crippen LogP contribution < -0.4 is 11.1 Å². The van der Waals surface area contributed by atoms with Gasteiger partial charge in [-0.25, -0.2) is 0 Å². The largest absolute Gasteiger partial charge is 0.399 e. The molecule has 20 heavy (non-hydrogen) atoms. The number of carbonyl (C=O) groups is 1. The number of amides is 1. The number of aliphatic hydroxyl groups is 1. The molecule has 0 saturated carbocycles. The van der Waals surface area contributed by atoms with Gasteiger partial charge in [-0.1, -0.05) is 6.07 Å². The van der Waals surface area contributed by atoms with Gasteiger partial charge in [-0.05, 0) is 43.5 Å². The Morgan fingerprint density at radius 3 is 3.10 bits per heavy atom. The van der Waals surface area contributed by atoms with Gasteiger partial charge < -0.3 is 21.1 Å². The molecule has 0 spiro atoms. The first kappa shape index (κ1) is 14.8. The van der Waals surface area contributed by atoms with E-state index in [0.717, 1.165) is 38.2 Å². The average molecular weight is 277 g/mol. The van der Waals surface area contributed by atoms with E-state index >= 15 is 0 Å². The van der Waals surface area contributed by atoms with Crippen LogP contribution in [0.4, 0.5) is 11.4 Å². The Morgan fingerprint density at radius 1 is 1.50 bits per heavy atom. The van der Waals surface area contributed by atoms with Gasteiger partial charge in [0.05, 0.1) is 0 Å². The molecule has 1 heterocycles. The van der Waals surface area contributed by atoms with Gasteiger partial charge in [0, 0.05) is 37.5 Å². The van der Waals surface area contributed by atoms with Crippen LogP contribution in [0.5, 0.6) is 0 Å². The van der Waals surface area contributed by atoms with E-state index in [9.17, 15) is 9.90 Å². The molecule has 2 rings (SSSR count). The van der Waals surface area contributed by atoms with Crippen LogP contribution >= 0.6 is 0 Å². The van der Waals surface area contributed by atoms with Crippen molar-refractivity contribution in [3.63, 3.8) is 0 Å². The summed E-state index contributed by atoms with van der Waals surface area (Å²) in [6.07, 6.45) is 2.65. The average Bonchev–Trinajstić information content (AvgIpc) is 2.45. The van der Waals surface area contributed by atoms with Gasteiger partial charge in [-0.15, -0.1) is 0 Å². The summed E-state index contributed by atoms with van der Waals surface area (Å²) in [5.41, 5.74) is 7.05. The standard InChI is InChI=1S/C15H23N3O2/c16-13-4-1-5-14(9-13)17-15(20)6-8-18-7-2-3-12(10-18)11-19/h1,4-5,9,12,19H,2-3,6-8,10-11,16H2,(H,17,20). The molecule has 0 bridgehead atoms. The Morgan fingerprint density at radius 2 is 2.35 bits per heavy atom. The number of nitrogens with two attached hydrogens (primary N) is 1. The number of anilines is 2. The van der Waals surface area contributed by atoms with E-state index in [0.29, 0.717) is 18.0 Å². The molecule has 0 aliphatic carbocycles. The fourth-order valence-corrected chi connectivity index (χ4v) is 2.60. The van der Waals surface area contributed by atoms with E-state index < -0.39 is 0 Å². The minimum atomic E-state index is 0.00159. The van der Waals surface area contributed by atoms with Crippen LogP contribution in [0.25, 0.3) is 0 Å². The van der Waals surface area contributed by atoms with Crippen molar-refractivity contribution in [2.75, 3.05) is 37.3 Å². The van der Waals surface area contributed by atoms with Crippen molar-refractivity contribution in [3.8, 4) is 0 Å². The summed E-state index contributed by atoms with van der Waals surface area (Å²) in [4.78, 5) is 14.1. The molecule has 1 aliphatic heterocycles. The molecule has 1 amide bonds. The predicted octanol–water partition coefficient (Wildman–Crippen LogP) is 1.30. The predicted molar refractivity (Wildman–Crippen MR) is 80.4 cm³/mol. The number of nitrogens with zero attached hydrogens (tertiary/aromatic N) is 1. The minimum Gasteiger partial charge on any atom is -0.399 e. The highest BCUT2D eigenvalue weighted by Crippen LogP contribution is 2.16. The lowest BCUT2D eigenvalue weighted by Crippen LogP contribution is -2.38. The number of likely N-dealkylation sites (tertiary alicyclic amines) is 1. The van der Waals surface area contributed by atoms with Crippen LogP contribution in [0.2, 0.25) is 0 Å². The smallest absolute Gasteiger partial charge is 0.225 e. The number of nitrogen functional groups attached to an aromatic ring is 1. The SMILES string of the molecule is Nc1cccc(NC(=O)CCN2CCCC(CO)C2)c1. The maximum atomic E-state index is 11.9. The minimum absolute atomic E-state index is 0.00159. The van der Waals surface area contributed by atoms with Crippen LogP contribution in [0, 0.1) is 5.92 Å². The topological polar surface area (TPSA) is 78.6 Å². The number of hydrogen-bond donors (Lipinski definition) is 3. The van der Waals surface area contributed by atoms with E-state index in [1.807, 2.05) is 12.1 Å². The lowest BCUT2D eigenvalue weighted by molar-refractivity contribution is -0.116. The molecule has 110 valence electrons. The molecule has 1 aromatic carbocycles. The fourth-order valence-electron chi connectivity index (χ4n) is 2.60. The maximum absolute atomic E-state index is 11.9. The molecule has 5 heteroatoms. The Hall–Kier alpha value is -1.59. The molecule has 1 saturated heterocycles. The lowest BCUT2D eigenvalue weighted by atomic mass is 9.99. The van der Waals surface area contributed by atoms with Gasteiger partial charge in [0.2, 0.25) is 5.91 Å². The van der Waals surface area contributed by atoms with Gasteiger partial charge in [0.25, 0.3) is 0 Å². The fraction of sp³-hybridized carbons (Fsp3) is 0.533. The van der Waals surface area contributed by atoms with Crippen molar-refractivity contribution < 1.29 is 9.90 Å². The van der Waals surface area contributed by atoms with Crippen LogP contribution in [0.1, 0.15) is 19.3 Å². The van der Waals surface area contributed by atoms with Crippen molar-refractivity contribution in [2.45, 2.75) is 19.3 Å². The van der Waals surface area contributed by atoms with Crippen LogP contribution in [0.15, 0.2) is 24.3 Å². The van der Waals surface area contributed by atoms with Crippen molar-refractivity contribution in [1.82, 2.24) is 4.90 Å². The summed E-state index contributed by atoms with van der Waals surface area (Å²) >= 11 is 0. The third-order valence-corrected chi connectivity index (χ3v) is 3.69. The quantitative estimate of drug-likeness (QED) is 0.709. The second-order valence-corrected chi connectivity index (χ2v) is 5.42. The third-order valence-electron chi connectivity index (χ3n) is 3.69. The molecular formula is C15H23N3O2. The molecular weight excluding hydrogens is 254 g/mol. The third kappa shape index (κ3) is 4.51. The molecule has 1 atom stereocenters. The second kappa shape index (κ2) is 7.26. The van der Waals surface area contributed by atoms with E-state index in [1.165, 1.54) is 0 Å². The number of piperidine rings is 1. The number of aliphatic hydroxyl groups excluding tert-OH is 1. The normalized spacial score (nSPS) is 19.8. The molecule has 0 aromatic heterocycles. The van der Waals surface area contributed by atoms with Gasteiger partial charge in [0.15, 0.2) is 0 Å². The lowest BCUT2D eigenvalue weighted by Gasteiger charge is -2.31. The highest BCUT2D eigenvalue weighted by Gasteiger charge is 2.19. The van der Waals surface area contributed by atoms with Gasteiger partial charge in [-0.3, -0.25) is 4.79 Å². The van der Waals surface area contributed by atoms with E-state index in [2.05, 4.69) is 10.2 Å². The van der Waals surface area contributed by atoms with E-state index in [-0.39, 0.29) is 12.5 Å². The highest BCUT2D eigenvalue weighted by atomic mass is 16.3. The zero-order valence-electron chi connectivity index (χ0n) is 11.7. The number of hydrogen-bond acceptors (Lipinski definition) is 4. The van der Waals surface area contributed by atoms with Crippen LogP contribution in [-0.4, -0.2) is 42.2 Å². The Bertz CT molecular complexity index is 450. The Labute approximate surface area is 119 Å². The molecule has 1 aliphatic rings. The summed E-state index contributed by atoms with van der Waals surface area (Å²) in [6.45, 7) is 2.89. The van der Waals surface area contributed by atoms with E-state index in [1.54, 1.807) is 12.1 Å². The highest BCUT2D eigenvalue weighted by molar-refractivity contribution is 5.91. The summed E-state index contributed by atoms with van der Waals surface area (Å²) in [7, 11) is 0. The van der Waals surface area contributed by atoms with Crippen LogP contribution in [0.3, 0.4) is 0 Å². The first-order valence-corrected chi connectivity index (χ1v) is 7.16. The van der Waals surface area contributed by atoms with Crippen LogP contribution in [-0.2, 0) is 4.79 Å². The molecule has 1 fully saturated rings. The van der Waals surface area contributed by atoms with Crippen molar-refractivity contribution in [3.05, 3.63) is 24.3 Å². The molecule has 1 unspecified atom stereocenters. The molecule has 1 aromatic rings. The van der Waals surface area contributed by atoms with Crippen molar-refractivity contribution >= 4 is 17.3 Å². The van der Waals surface area contributed by atoms with Gasteiger partial charge in [0.1, 0.15) is 0 Å². The first-order chi connectivity index (χ1) is 9.67. The Balaban J connectivity index is 1.75. The van der Waals surface area contributed by atoms with Gasteiger partial charge in [-0.2, -0.15) is 0 Å². The number of benzene rings is 1. The van der Waals surface area contributed by atoms with Crippen molar-refractivity contribution in [2.24, 2.45) is 5.92 Å². The van der Waals surface area contributed by atoms with Crippen molar-refractivity contribution in [1.29, 1.82) is 0 Å². The first-order valence-electron chi connectivity index (χ1n) is 7.16. The number of nitrogens with one attached hydrogen (secondary N) is 1. The number of carbonyl (C=O) groups excluding carboxylic acids is 1. The maximum Gasteiger partial charge on any atom is 0.225 e. The summed E-state index contributed by atoms with van der Waals surface area (Å²) in [5, 5.41) is 12.0. The zero-order chi connectivity index (χ0) is 14.4. The zero-order valence-corrected chi connectivity index (χ0v) is 11.7. The summed E-state index contributed by atoms with van der Waals surface area (Å²) in [5.74, 6) is 0.363.